The van der Waals surface area contributed by atoms with Crippen molar-refractivity contribution in [2.45, 2.75) is 94.0 Å². The molecule has 6 atom stereocenters. The Morgan fingerprint density at radius 2 is 1.09 bits per heavy atom. The molecule has 24 nitrogen and oxygen atoms in total. The van der Waals surface area contributed by atoms with Gasteiger partial charge in [0.15, 0.2) is 5.96 Å². The van der Waals surface area contributed by atoms with E-state index in [1.807, 2.05) is 36.6 Å². The van der Waals surface area contributed by atoms with Crippen molar-refractivity contribution in [2.75, 3.05) is 25.1 Å². The Bertz CT molecular complexity index is 1680. The molecular formula is C39H66N10O14S. The smallest absolute Gasteiger partial charge is 0.320 e. The van der Waals surface area contributed by atoms with Crippen LogP contribution in [0.3, 0.4) is 0 Å². The Morgan fingerprint density at radius 1 is 0.656 bits per heavy atom. The summed E-state index contributed by atoms with van der Waals surface area (Å²) in [6.07, 6.45) is 6.00. The number of aliphatic carboxylic acids is 6. The van der Waals surface area contributed by atoms with Crippen LogP contribution in [0, 0.1) is 0 Å². The zero-order chi connectivity index (χ0) is 49.8. The molecule has 1 fully saturated rings. The molecule has 5 unspecified atom stereocenters. The summed E-state index contributed by atoms with van der Waals surface area (Å²) in [5.41, 5.74) is 42.7. The van der Waals surface area contributed by atoms with Crippen molar-refractivity contribution < 1.29 is 69.3 Å². The Morgan fingerprint density at radius 3 is 1.45 bits per heavy atom. The first-order valence-corrected chi connectivity index (χ1v) is 20.8. The second kappa shape index (κ2) is 37.5. The third-order valence-corrected chi connectivity index (χ3v) is 8.58. The maximum absolute atomic E-state index is 10.4. The molecule has 0 spiro atoms. The molecule has 64 heavy (non-hydrogen) atoms. The molecule has 1 heterocycles. The number of hydrogen-bond donors (Lipinski definition) is 16. The van der Waals surface area contributed by atoms with E-state index in [1.54, 1.807) is 23.9 Å². The maximum Gasteiger partial charge on any atom is 0.320 e. The lowest BCUT2D eigenvalue weighted by molar-refractivity contribution is -0.139. The van der Waals surface area contributed by atoms with Crippen LogP contribution in [0.15, 0.2) is 59.6 Å². The number of aliphatic imine (C=N–C) groups is 1. The number of thioether (sulfide) groups is 1. The first kappa shape index (κ1) is 62.2. The molecule has 25 heteroatoms. The molecule has 3 rings (SSSR count). The van der Waals surface area contributed by atoms with Gasteiger partial charge in [0.1, 0.15) is 42.0 Å². The number of primary amides is 1. The minimum atomic E-state index is -1.11. The first-order chi connectivity index (χ1) is 29.8. The number of aromatic hydroxyl groups is 1. The summed E-state index contributed by atoms with van der Waals surface area (Å²) in [7, 11) is 0. The van der Waals surface area contributed by atoms with E-state index in [-0.39, 0.29) is 37.0 Å². The van der Waals surface area contributed by atoms with Crippen LogP contribution in [0.5, 0.6) is 5.75 Å². The largest absolute Gasteiger partial charge is 0.508 e. The van der Waals surface area contributed by atoms with E-state index in [2.05, 4.69) is 10.3 Å². The molecule has 1 aliphatic rings. The second-order valence-corrected chi connectivity index (χ2v) is 14.5. The van der Waals surface area contributed by atoms with E-state index in [9.17, 15) is 33.6 Å². The quantitative estimate of drug-likeness (QED) is 0.0391. The van der Waals surface area contributed by atoms with Crippen molar-refractivity contribution >= 4 is 59.4 Å². The number of carboxylic acids is 6. The fraction of sp³-hybridized carbons (Fsp3) is 0.487. The average molecular weight is 931 g/mol. The number of nitrogens with zero attached hydrogens (tertiary/aromatic N) is 1. The highest BCUT2D eigenvalue weighted by Crippen LogP contribution is 2.11. The molecule has 2 aromatic rings. The van der Waals surface area contributed by atoms with Crippen molar-refractivity contribution in [3.8, 4) is 5.75 Å². The minimum absolute atomic E-state index is 0.0129. The number of benzene rings is 2. The number of rotatable bonds is 20. The molecule has 2 aromatic carbocycles. The molecular weight excluding hydrogens is 865 g/mol. The highest BCUT2D eigenvalue weighted by Gasteiger charge is 2.20. The Hall–Kier alpha value is -6.09. The van der Waals surface area contributed by atoms with Gasteiger partial charge in [-0.15, -0.1) is 0 Å². The fourth-order valence-corrected chi connectivity index (χ4v) is 4.75. The normalized spacial score (nSPS) is 14.4. The highest BCUT2D eigenvalue weighted by atomic mass is 32.2. The van der Waals surface area contributed by atoms with Crippen LogP contribution in [0.4, 0.5) is 0 Å². The van der Waals surface area contributed by atoms with Gasteiger partial charge in [-0.2, -0.15) is 11.8 Å². The third-order valence-electron chi connectivity index (χ3n) is 7.94. The average Bonchev–Trinajstić information content (AvgIpc) is 3.79. The zero-order valence-corrected chi connectivity index (χ0v) is 36.4. The molecule has 0 aromatic heterocycles. The molecule has 1 amide bonds. The number of nitrogens with one attached hydrogen (secondary N) is 1. The predicted octanol–water partition coefficient (Wildman–Crippen LogP) is -1.92. The van der Waals surface area contributed by atoms with E-state index < -0.39 is 71.9 Å². The predicted molar refractivity (Wildman–Crippen MR) is 240 cm³/mol. The summed E-state index contributed by atoms with van der Waals surface area (Å²) in [6, 6.07) is 11.2. The van der Waals surface area contributed by atoms with Crippen molar-refractivity contribution in [1.82, 2.24) is 5.32 Å². The Kier molecular flexibility index (Phi) is 36.4. The summed E-state index contributed by atoms with van der Waals surface area (Å²) in [6.45, 7) is 1.28. The molecule has 1 saturated heterocycles. The number of carbonyl (C=O) groups is 7. The van der Waals surface area contributed by atoms with Crippen LogP contribution < -0.4 is 51.2 Å². The molecule has 24 N–H and O–H groups in total. The van der Waals surface area contributed by atoms with Crippen molar-refractivity contribution in [3.05, 3.63) is 65.7 Å². The summed E-state index contributed by atoms with van der Waals surface area (Å²) in [5, 5.41) is 62.1. The number of hydrogen-bond acceptors (Lipinski definition) is 16. The summed E-state index contributed by atoms with van der Waals surface area (Å²) in [5.74, 6) is -5.27. The van der Waals surface area contributed by atoms with Crippen LogP contribution in [-0.4, -0.2) is 145 Å². The SMILES string of the molecule is CSCCC(N)C(=O)O.NC(=O)CCC(N)C(=O)O.NC(Cc1ccc(O)cc1)C(=O)O.NC(Cc1ccccc1)C(=O)O.NC(N)=NCCCC(N)C(=O)O.O=C(O)[C@@H]1CCCN1. The van der Waals surface area contributed by atoms with Crippen molar-refractivity contribution in [3.63, 3.8) is 0 Å². The number of amides is 1. The number of carboxylic acid groups (broad SMARTS) is 6. The lowest BCUT2D eigenvalue weighted by Gasteiger charge is -2.05. The van der Waals surface area contributed by atoms with Crippen LogP contribution in [-0.2, 0) is 46.4 Å². The summed E-state index contributed by atoms with van der Waals surface area (Å²) in [4.78, 5) is 75.0. The van der Waals surface area contributed by atoms with Gasteiger partial charge < -0.3 is 86.9 Å². The van der Waals surface area contributed by atoms with Gasteiger partial charge in [-0.3, -0.25) is 38.6 Å². The van der Waals surface area contributed by atoms with Gasteiger partial charge in [0.05, 0.1) is 0 Å². The Balaban J connectivity index is -0.000000703. The highest BCUT2D eigenvalue weighted by molar-refractivity contribution is 7.98. The van der Waals surface area contributed by atoms with Crippen molar-refractivity contribution in [1.29, 1.82) is 0 Å². The minimum Gasteiger partial charge on any atom is -0.508 e. The maximum atomic E-state index is 10.4. The third kappa shape index (κ3) is 37.7. The van der Waals surface area contributed by atoms with Gasteiger partial charge in [0.25, 0.3) is 0 Å². The van der Waals surface area contributed by atoms with Crippen LogP contribution in [0.1, 0.15) is 56.1 Å². The van der Waals surface area contributed by atoms with Crippen LogP contribution in [0.25, 0.3) is 0 Å². The fourth-order valence-electron chi connectivity index (χ4n) is 4.26. The van der Waals surface area contributed by atoms with E-state index >= 15 is 0 Å². The van der Waals surface area contributed by atoms with Gasteiger partial charge in [-0.25, -0.2) is 0 Å². The van der Waals surface area contributed by atoms with E-state index in [1.165, 1.54) is 12.1 Å². The number of phenols is 1. The lowest BCUT2D eigenvalue weighted by atomic mass is 10.1. The van der Waals surface area contributed by atoms with Crippen LogP contribution >= 0.6 is 11.8 Å². The van der Waals surface area contributed by atoms with Gasteiger partial charge in [-0.1, -0.05) is 42.5 Å². The number of nitrogens with two attached hydrogens (primary N) is 8. The van der Waals surface area contributed by atoms with E-state index in [0.717, 1.165) is 36.3 Å². The molecule has 362 valence electrons. The van der Waals surface area contributed by atoms with Gasteiger partial charge in [-0.05, 0) is 93.2 Å². The van der Waals surface area contributed by atoms with Crippen molar-refractivity contribution in [2.24, 2.45) is 50.9 Å². The van der Waals surface area contributed by atoms with Crippen LogP contribution in [0.2, 0.25) is 0 Å². The lowest BCUT2D eigenvalue weighted by Crippen LogP contribution is -2.32. The zero-order valence-electron chi connectivity index (χ0n) is 35.6. The second-order valence-electron chi connectivity index (χ2n) is 13.5. The van der Waals surface area contributed by atoms with Gasteiger partial charge in [0, 0.05) is 13.0 Å². The van der Waals surface area contributed by atoms with E-state index in [4.69, 9.17) is 81.6 Å². The van der Waals surface area contributed by atoms with Gasteiger partial charge in [0.2, 0.25) is 5.91 Å². The molecule has 0 radical (unpaired) electrons. The topological polar surface area (TPSA) is 494 Å². The van der Waals surface area contributed by atoms with E-state index in [0.29, 0.717) is 32.2 Å². The monoisotopic (exact) mass is 930 g/mol. The standard InChI is InChI=1S/C9H11NO3.C9H11NO2.C6H14N4O2.C5H10N2O3.C5H11NO2S.C5H9NO2/c10-8(9(12)13)5-6-1-3-7(11)4-2-6;10-8(9(11)12)6-7-4-2-1-3-5-7;7-4(5(11)12)2-1-3-10-6(8)9;6-3(5(9)10)1-2-4(7)8;1-9-3-2-4(6)5(7)8;7-5(8)4-2-1-3-6-4/h1-4,8,11H,5,10H2,(H,12,13);1-5,8H,6,10H2,(H,11,12);4H,1-3,7H2,(H,11,12)(H4,8,9,10);3H,1-2,6H2,(H2,7,8)(H,9,10);4H,2-3,6H2,1H3,(H,7,8);4,6H,1-3H2,(H,7,8)/t;;;;;4-/m.....0/s1. The summed E-state index contributed by atoms with van der Waals surface area (Å²) < 4.78 is 0. The molecule has 0 aliphatic carbocycles. The Labute approximate surface area is 374 Å². The number of phenolic OH excluding ortho intramolecular Hbond substituents is 1. The molecule has 0 saturated carbocycles. The number of carbonyl (C=O) groups excluding carboxylic acids is 1. The first-order valence-electron chi connectivity index (χ1n) is 19.4. The summed E-state index contributed by atoms with van der Waals surface area (Å²) >= 11 is 1.60. The number of guanidine groups is 1. The molecule has 0 bridgehead atoms. The van der Waals surface area contributed by atoms with Gasteiger partial charge >= 0.3 is 35.8 Å². The molecule has 1 aliphatic heterocycles.